The summed E-state index contributed by atoms with van der Waals surface area (Å²) < 4.78 is 7.30. The smallest absolute Gasteiger partial charge is 0.224 e. The summed E-state index contributed by atoms with van der Waals surface area (Å²) in [5.41, 5.74) is 1.94. The third-order valence-electron chi connectivity index (χ3n) is 3.93. The van der Waals surface area contributed by atoms with Crippen LogP contribution in [0.1, 0.15) is 30.9 Å². The Labute approximate surface area is 130 Å². The number of hydrogen-bond acceptors (Lipinski definition) is 3. The van der Waals surface area contributed by atoms with Gasteiger partial charge in [-0.2, -0.15) is 5.10 Å². The number of benzene rings is 1. The summed E-state index contributed by atoms with van der Waals surface area (Å²) >= 11 is 0. The number of aryl methyl sites for hydroxylation is 1. The molecule has 1 aliphatic rings. The Morgan fingerprint density at radius 2 is 2.05 bits per heavy atom. The van der Waals surface area contributed by atoms with Crippen molar-refractivity contribution in [3.05, 3.63) is 48.3 Å². The summed E-state index contributed by atoms with van der Waals surface area (Å²) in [6.45, 7) is 1.56. The van der Waals surface area contributed by atoms with Crippen LogP contribution in [0.5, 0.6) is 0 Å². The number of ether oxygens (including phenoxy) is 1. The first-order valence-electron chi connectivity index (χ1n) is 7.77. The lowest BCUT2D eigenvalue weighted by Gasteiger charge is -2.22. The van der Waals surface area contributed by atoms with Crippen LogP contribution in [0.4, 0.5) is 5.69 Å². The molecule has 0 spiro atoms. The van der Waals surface area contributed by atoms with Gasteiger partial charge in [0.05, 0.1) is 17.9 Å². The van der Waals surface area contributed by atoms with Gasteiger partial charge in [-0.25, -0.2) is 0 Å². The highest BCUT2D eigenvalue weighted by atomic mass is 16.5. The van der Waals surface area contributed by atoms with Crippen LogP contribution in [0.25, 0.3) is 0 Å². The molecule has 0 aliphatic carbocycles. The number of amides is 1. The van der Waals surface area contributed by atoms with Gasteiger partial charge in [-0.05, 0) is 24.8 Å². The molecule has 0 bridgehead atoms. The molecule has 116 valence electrons. The average molecular weight is 299 g/mol. The molecule has 5 heteroatoms. The standard InChI is InChI=1S/C17H21N3O2/c21-17(7-6-14-4-2-1-3-5-14)19-15-12-18-20(13-15)16-8-10-22-11-9-16/h1-5,12-13,16H,6-11H2,(H,19,21). The molecule has 1 N–H and O–H groups in total. The summed E-state index contributed by atoms with van der Waals surface area (Å²) in [5, 5.41) is 7.28. The second-order valence-electron chi connectivity index (χ2n) is 5.59. The molecule has 1 aromatic heterocycles. The molecule has 5 nitrogen and oxygen atoms in total. The highest BCUT2D eigenvalue weighted by Gasteiger charge is 2.16. The zero-order valence-electron chi connectivity index (χ0n) is 12.6. The largest absolute Gasteiger partial charge is 0.381 e. The molecular formula is C17H21N3O2. The summed E-state index contributed by atoms with van der Waals surface area (Å²) in [7, 11) is 0. The third-order valence-corrected chi connectivity index (χ3v) is 3.93. The van der Waals surface area contributed by atoms with Crippen LogP contribution in [-0.4, -0.2) is 28.9 Å². The van der Waals surface area contributed by atoms with E-state index in [2.05, 4.69) is 10.4 Å². The van der Waals surface area contributed by atoms with Crippen molar-refractivity contribution in [2.24, 2.45) is 0 Å². The number of nitrogens with one attached hydrogen (secondary N) is 1. The van der Waals surface area contributed by atoms with Gasteiger partial charge >= 0.3 is 0 Å². The molecular weight excluding hydrogens is 278 g/mol. The molecule has 1 saturated heterocycles. The van der Waals surface area contributed by atoms with Gasteiger partial charge in [-0.3, -0.25) is 9.48 Å². The van der Waals surface area contributed by atoms with E-state index >= 15 is 0 Å². The van der Waals surface area contributed by atoms with Crippen molar-refractivity contribution in [3.63, 3.8) is 0 Å². The van der Waals surface area contributed by atoms with Crippen LogP contribution >= 0.6 is 0 Å². The monoisotopic (exact) mass is 299 g/mol. The molecule has 1 aliphatic heterocycles. The second-order valence-corrected chi connectivity index (χ2v) is 5.59. The van der Waals surface area contributed by atoms with Gasteiger partial charge in [0.25, 0.3) is 0 Å². The third kappa shape index (κ3) is 3.95. The highest BCUT2D eigenvalue weighted by Crippen LogP contribution is 2.21. The second kappa shape index (κ2) is 7.22. The van der Waals surface area contributed by atoms with E-state index < -0.39 is 0 Å². The van der Waals surface area contributed by atoms with E-state index in [9.17, 15) is 4.79 Å². The van der Waals surface area contributed by atoms with Crippen molar-refractivity contribution in [2.45, 2.75) is 31.7 Å². The fourth-order valence-corrected chi connectivity index (χ4v) is 2.68. The zero-order chi connectivity index (χ0) is 15.2. The molecule has 22 heavy (non-hydrogen) atoms. The summed E-state index contributed by atoms with van der Waals surface area (Å²) in [6.07, 6.45) is 6.81. The summed E-state index contributed by atoms with van der Waals surface area (Å²) in [6, 6.07) is 10.4. The number of anilines is 1. The predicted octanol–water partition coefficient (Wildman–Crippen LogP) is 2.81. The maximum atomic E-state index is 12.0. The normalized spacial score (nSPS) is 15.6. The lowest BCUT2D eigenvalue weighted by molar-refractivity contribution is -0.116. The zero-order valence-corrected chi connectivity index (χ0v) is 12.6. The molecule has 0 atom stereocenters. The average Bonchev–Trinajstić information content (AvgIpc) is 3.03. The fourth-order valence-electron chi connectivity index (χ4n) is 2.68. The van der Waals surface area contributed by atoms with Gasteiger partial charge in [0, 0.05) is 25.8 Å². The van der Waals surface area contributed by atoms with Crippen molar-refractivity contribution in [3.8, 4) is 0 Å². The molecule has 0 saturated carbocycles. The number of nitrogens with zero attached hydrogens (tertiary/aromatic N) is 2. The SMILES string of the molecule is O=C(CCc1ccccc1)Nc1cnn(C2CCOCC2)c1. The van der Waals surface area contributed by atoms with Crippen molar-refractivity contribution in [1.29, 1.82) is 0 Å². The Balaban J connectivity index is 1.50. The predicted molar refractivity (Wildman–Crippen MR) is 84.7 cm³/mol. The van der Waals surface area contributed by atoms with Crippen molar-refractivity contribution >= 4 is 11.6 Å². The maximum Gasteiger partial charge on any atom is 0.224 e. The Hall–Kier alpha value is -2.14. The maximum absolute atomic E-state index is 12.0. The molecule has 1 fully saturated rings. The number of carbonyl (C=O) groups is 1. The van der Waals surface area contributed by atoms with Crippen molar-refractivity contribution in [2.75, 3.05) is 18.5 Å². The Morgan fingerprint density at radius 1 is 1.27 bits per heavy atom. The molecule has 1 aromatic carbocycles. The van der Waals surface area contributed by atoms with Gasteiger partial charge in [-0.15, -0.1) is 0 Å². The van der Waals surface area contributed by atoms with E-state index in [1.54, 1.807) is 6.20 Å². The van der Waals surface area contributed by atoms with Gasteiger partial charge in [0.15, 0.2) is 0 Å². The number of rotatable bonds is 5. The molecule has 2 aromatic rings. The van der Waals surface area contributed by atoms with E-state index in [1.807, 2.05) is 41.2 Å². The quantitative estimate of drug-likeness (QED) is 0.923. The minimum atomic E-state index is 0.0235. The summed E-state index contributed by atoms with van der Waals surface area (Å²) in [4.78, 5) is 12.0. The molecule has 3 rings (SSSR count). The van der Waals surface area contributed by atoms with E-state index in [4.69, 9.17) is 4.74 Å². The molecule has 1 amide bonds. The van der Waals surface area contributed by atoms with Crippen molar-refractivity contribution in [1.82, 2.24) is 9.78 Å². The number of aromatic nitrogens is 2. The Bertz CT molecular complexity index is 603. The molecule has 0 unspecified atom stereocenters. The first-order valence-corrected chi connectivity index (χ1v) is 7.77. The molecule has 0 radical (unpaired) electrons. The van der Waals surface area contributed by atoms with Gasteiger partial charge in [0.1, 0.15) is 0 Å². The van der Waals surface area contributed by atoms with Crippen LogP contribution < -0.4 is 5.32 Å². The number of hydrogen-bond donors (Lipinski definition) is 1. The van der Waals surface area contributed by atoms with E-state index in [0.29, 0.717) is 12.5 Å². The van der Waals surface area contributed by atoms with Crippen molar-refractivity contribution < 1.29 is 9.53 Å². The Kier molecular flexibility index (Phi) is 4.85. The van der Waals surface area contributed by atoms with E-state index in [-0.39, 0.29) is 5.91 Å². The summed E-state index contributed by atoms with van der Waals surface area (Å²) in [5.74, 6) is 0.0235. The lowest BCUT2D eigenvalue weighted by atomic mass is 10.1. The number of carbonyl (C=O) groups excluding carboxylic acids is 1. The topological polar surface area (TPSA) is 56.2 Å². The Morgan fingerprint density at radius 3 is 2.82 bits per heavy atom. The van der Waals surface area contributed by atoms with E-state index in [0.717, 1.165) is 38.2 Å². The van der Waals surface area contributed by atoms with Crippen LogP contribution in [0.2, 0.25) is 0 Å². The minimum absolute atomic E-state index is 0.0235. The molecule has 2 heterocycles. The van der Waals surface area contributed by atoms with Gasteiger partial charge < -0.3 is 10.1 Å². The van der Waals surface area contributed by atoms with Crippen LogP contribution in [0.3, 0.4) is 0 Å². The van der Waals surface area contributed by atoms with Crippen LogP contribution in [0.15, 0.2) is 42.7 Å². The van der Waals surface area contributed by atoms with E-state index in [1.165, 1.54) is 5.56 Å². The van der Waals surface area contributed by atoms with Crippen LogP contribution in [-0.2, 0) is 16.0 Å². The van der Waals surface area contributed by atoms with Gasteiger partial charge in [0.2, 0.25) is 5.91 Å². The minimum Gasteiger partial charge on any atom is -0.381 e. The lowest BCUT2D eigenvalue weighted by Crippen LogP contribution is -2.19. The fraction of sp³-hybridized carbons (Fsp3) is 0.412. The first kappa shape index (κ1) is 14.8. The first-order chi connectivity index (χ1) is 10.8. The van der Waals surface area contributed by atoms with Crippen LogP contribution in [0, 0.1) is 0 Å². The highest BCUT2D eigenvalue weighted by molar-refractivity contribution is 5.90. The van der Waals surface area contributed by atoms with Gasteiger partial charge in [-0.1, -0.05) is 30.3 Å².